The van der Waals surface area contributed by atoms with E-state index in [1.807, 2.05) is 0 Å². The minimum Gasteiger partial charge on any atom is -0.373 e. The van der Waals surface area contributed by atoms with Crippen molar-refractivity contribution in [1.29, 1.82) is 0 Å². The van der Waals surface area contributed by atoms with Gasteiger partial charge in [0.1, 0.15) is 0 Å². The molecule has 2 aliphatic heterocycles. The van der Waals surface area contributed by atoms with Crippen LogP contribution in [0, 0.1) is 0 Å². The highest BCUT2D eigenvalue weighted by molar-refractivity contribution is 5.80. The quantitative estimate of drug-likeness (QED) is 0.553. The minimum atomic E-state index is 0.390. The van der Waals surface area contributed by atoms with Gasteiger partial charge in [-0.05, 0) is 46.6 Å². The topological polar surface area (TPSA) is 48.9 Å². The van der Waals surface area contributed by atoms with Gasteiger partial charge in [0.2, 0.25) is 0 Å². The standard InChI is InChI=1S/C16H32N4O/c1-5-12(3)20(4)10-9-18-16(17-6-2)19-14-11-13-7-8-15(14)21-13/h12-15H,5-11H2,1-4H3,(H2,17,18,19). The highest BCUT2D eigenvalue weighted by Crippen LogP contribution is 2.34. The van der Waals surface area contributed by atoms with Crippen LogP contribution in [-0.4, -0.2) is 61.8 Å². The molecular formula is C16H32N4O. The third kappa shape index (κ3) is 4.58. The molecule has 0 amide bonds. The van der Waals surface area contributed by atoms with Crippen molar-refractivity contribution < 1.29 is 4.74 Å². The van der Waals surface area contributed by atoms with Crippen LogP contribution in [-0.2, 0) is 4.74 Å². The fourth-order valence-electron chi connectivity index (χ4n) is 3.14. The fraction of sp³-hybridized carbons (Fsp3) is 0.938. The molecule has 0 aromatic heterocycles. The van der Waals surface area contributed by atoms with Crippen LogP contribution in [0.1, 0.15) is 46.5 Å². The molecule has 2 aliphatic rings. The average Bonchev–Trinajstić information content (AvgIpc) is 3.09. The lowest BCUT2D eigenvalue weighted by Gasteiger charge is -2.24. The lowest BCUT2D eigenvalue weighted by molar-refractivity contribution is 0.0992. The first-order valence-electron chi connectivity index (χ1n) is 8.54. The van der Waals surface area contributed by atoms with Crippen LogP contribution in [0.25, 0.3) is 0 Å². The first-order chi connectivity index (χ1) is 10.1. The van der Waals surface area contributed by atoms with Gasteiger partial charge in [-0.25, -0.2) is 0 Å². The van der Waals surface area contributed by atoms with Gasteiger partial charge >= 0.3 is 0 Å². The Hall–Kier alpha value is -0.810. The largest absolute Gasteiger partial charge is 0.373 e. The molecule has 2 rings (SSSR count). The smallest absolute Gasteiger partial charge is 0.191 e. The van der Waals surface area contributed by atoms with Gasteiger partial charge < -0.3 is 20.3 Å². The molecule has 2 bridgehead atoms. The summed E-state index contributed by atoms with van der Waals surface area (Å²) in [6, 6.07) is 1.06. The summed E-state index contributed by atoms with van der Waals surface area (Å²) in [5.41, 5.74) is 0. The zero-order chi connectivity index (χ0) is 15.2. The molecule has 0 saturated carbocycles. The SMILES string of the molecule is CCNC(=NCCN(C)C(C)CC)NC1CC2CCC1O2. The molecule has 0 aromatic carbocycles. The van der Waals surface area contributed by atoms with Gasteiger partial charge in [0.25, 0.3) is 0 Å². The molecule has 0 radical (unpaired) electrons. The normalized spacial score (nSPS) is 30.0. The number of aliphatic imine (C=N–C) groups is 1. The van der Waals surface area contributed by atoms with Gasteiger partial charge in [0.05, 0.1) is 24.8 Å². The molecule has 2 heterocycles. The van der Waals surface area contributed by atoms with Crippen molar-refractivity contribution in [2.24, 2.45) is 4.99 Å². The Labute approximate surface area is 129 Å². The molecule has 5 nitrogen and oxygen atoms in total. The molecule has 2 saturated heterocycles. The lowest BCUT2D eigenvalue weighted by atomic mass is 9.96. The molecule has 122 valence electrons. The lowest BCUT2D eigenvalue weighted by Crippen LogP contribution is -2.47. The van der Waals surface area contributed by atoms with E-state index >= 15 is 0 Å². The number of ether oxygens (including phenoxy) is 1. The van der Waals surface area contributed by atoms with Gasteiger partial charge in [-0.15, -0.1) is 0 Å². The third-order valence-electron chi connectivity index (χ3n) is 4.84. The number of hydrogen-bond donors (Lipinski definition) is 2. The zero-order valence-corrected chi connectivity index (χ0v) is 14.1. The van der Waals surface area contributed by atoms with Gasteiger partial charge in [0.15, 0.2) is 5.96 Å². The highest BCUT2D eigenvalue weighted by Gasteiger charge is 2.41. The second-order valence-electron chi connectivity index (χ2n) is 6.36. The van der Waals surface area contributed by atoms with Crippen LogP contribution < -0.4 is 10.6 Å². The number of rotatable bonds is 7. The summed E-state index contributed by atoms with van der Waals surface area (Å²) in [6.07, 6.45) is 5.60. The van der Waals surface area contributed by atoms with Crippen LogP contribution in [0.3, 0.4) is 0 Å². The van der Waals surface area contributed by atoms with Crippen LogP contribution >= 0.6 is 0 Å². The van der Waals surface area contributed by atoms with Crippen molar-refractivity contribution in [3.63, 3.8) is 0 Å². The zero-order valence-electron chi connectivity index (χ0n) is 14.1. The van der Waals surface area contributed by atoms with Crippen molar-refractivity contribution in [3.8, 4) is 0 Å². The van der Waals surface area contributed by atoms with E-state index in [0.29, 0.717) is 24.3 Å². The summed E-state index contributed by atoms with van der Waals surface area (Å²) in [5.74, 6) is 0.941. The number of nitrogens with one attached hydrogen (secondary N) is 2. The summed E-state index contributed by atoms with van der Waals surface area (Å²) in [4.78, 5) is 7.08. The number of fused-ring (bicyclic) bond motifs is 2. The summed E-state index contributed by atoms with van der Waals surface area (Å²) < 4.78 is 5.90. The van der Waals surface area contributed by atoms with Crippen molar-refractivity contribution in [1.82, 2.24) is 15.5 Å². The molecular weight excluding hydrogens is 264 g/mol. The first kappa shape index (κ1) is 16.6. The fourth-order valence-corrected chi connectivity index (χ4v) is 3.14. The summed E-state index contributed by atoms with van der Waals surface area (Å²) in [6.45, 7) is 9.33. The van der Waals surface area contributed by atoms with Crippen LogP contribution in [0.15, 0.2) is 4.99 Å². The monoisotopic (exact) mass is 296 g/mol. The molecule has 4 unspecified atom stereocenters. The summed E-state index contributed by atoms with van der Waals surface area (Å²) in [7, 11) is 2.17. The van der Waals surface area contributed by atoms with Crippen LogP contribution in [0.5, 0.6) is 0 Å². The predicted molar refractivity (Wildman–Crippen MR) is 87.8 cm³/mol. The second-order valence-corrected chi connectivity index (χ2v) is 6.36. The van der Waals surface area contributed by atoms with Crippen molar-refractivity contribution in [2.45, 2.75) is 70.7 Å². The van der Waals surface area contributed by atoms with Gasteiger partial charge in [-0.1, -0.05) is 6.92 Å². The van der Waals surface area contributed by atoms with Crippen LogP contribution in [0.2, 0.25) is 0 Å². The Kier molecular flexibility index (Phi) is 6.30. The number of guanidine groups is 1. The predicted octanol–water partition coefficient (Wildman–Crippen LogP) is 1.59. The van der Waals surface area contributed by atoms with Crippen LogP contribution in [0.4, 0.5) is 0 Å². The summed E-state index contributed by atoms with van der Waals surface area (Å²) in [5, 5.41) is 6.91. The van der Waals surface area contributed by atoms with E-state index < -0.39 is 0 Å². The maximum Gasteiger partial charge on any atom is 0.191 e. The Morgan fingerprint density at radius 3 is 2.76 bits per heavy atom. The average molecular weight is 296 g/mol. The van der Waals surface area contributed by atoms with E-state index in [4.69, 9.17) is 9.73 Å². The molecule has 2 N–H and O–H groups in total. The minimum absolute atomic E-state index is 0.390. The first-order valence-corrected chi connectivity index (χ1v) is 8.54. The Morgan fingerprint density at radius 2 is 2.19 bits per heavy atom. The molecule has 0 aliphatic carbocycles. The van der Waals surface area contributed by atoms with E-state index in [2.05, 4.69) is 43.4 Å². The Balaban J connectivity index is 1.79. The van der Waals surface area contributed by atoms with E-state index in [1.165, 1.54) is 19.3 Å². The number of hydrogen-bond acceptors (Lipinski definition) is 3. The Morgan fingerprint density at radius 1 is 1.38 bits per heavy atom. The molecule has 2 fully saturated rings. The summed E-state index contributed by atoms with van der Waals surface area (Å²) >= 11 is 0. The van der Waals surface area contributed by atoms with Crippen molar-refractivity contribution >= 4 is 5.96 Å². The maximum atomic E-state index is 5.90. The number of nitrogens with zero attached hydrogens (tertiary/aromatic N) is 2. The van der Waals surface area contributed by atoms with E-state index in [-0.39, 0.29) is 0 Å². The number of likely N-dealkylation sites (N-methyl/N-ethyl adjacent to an activating group) is 1. The molecule has 0 aromatic rings. The van der Waals surface area contributed by atoms with Crippen molar-refractivity contribution in [2.75, 3.05) is 26.7 Å². The van der Waals surface area contributed by atoms with Gasteiger partial charge in [-0.2, -0.15) is 0 Å². The van der Waals surface area contributed by atoms with Crippen molar-refractivity contribution in [3.05, 3.63) is 0 Å². The van der Waals surface area contributed by atoms with Gasteiger partial charge in [0, 0.05) is 19.1 Å². The second kappa shape index (κ2) is 7.99. The molecule has 4 atom stereocenters. The molecule has 5 heteroatoms. The van der Waals surface area contributed by atoms with E-state index in [9.17, 15) is 0 Å². The van der Waals surface area contributed by atoms with Gasteiger partial charge in [-0.3, -0.25) is 4.99 Å². The van der Waals surface area contributed by atoms with E-state index in [1.54, 1.807) is 0 Å². The highest BCUT2D eigenvalue weighted by atomic mass is 16.5. The molecule has 0 spiro atoms. The maximum absolute atomic E-state index is 5.90. The molecule has 21 heavy (non-hydrogen) atoms. The van der Waals surface area contributed by atoms with E-state index in [0.717, 1.165) is 32.0 Å². The Bertz CT molecular complexity index is 347. The third-order valence-corrected chi connectivity index (χ3v) is 4.84.